The number of hydrogen-bond donors (Lipinski definition) is 1. The first-order valence-electron chi connectivity index (χ1n) is 10.5. The van der Waals surface area contributed by atoms with Crippen molar-refractivity contribution in [3.63, 3.8) is 0 Å². The Bertz CT molecular complexity index is 1190. The van der Waals surface area contributed by atoms with Crippen molar-refractivity contribution in [1.29, 1.82) is 0 Å². The molecule has 0 unspecified atom stereocenters. The molecule has 0 bridgehead atoms. The number of anilines is 2. The standard InChI is InChI=1S/C23H26N4O4S/c1-17-22(18(2)31-25-17)32(29,30)27-14-8-13-26(15-16-27)23(28)20-11-6-7-12-21(20)24-19-9-4-3-5-10-19/h3-7,9-12,24H,8,13-16H2,1-2H3. The fourth-order valence-electron chi connectivity index (χ4n) is 3.94. The Morgan fingerprint density at radius 2 is 1.69 bits per heavy atom. The summed E-state index contributed by atoms with van der Waals surface area (Å²) >= 11 is 0. The van der Waals surface area contributed by atoms with Crippen LogP contribution in [-0.4, -0.2) is 54.9 Å². The van der Waals surface area contributed by atoms with Crippen molar-refractivity contribution in [2.45, 2.75) is 25.2 Å². The summed E-state index contributed by atoms with van der Waals surface area (Å²) < 4.78 is 32.8. The number of aromatic nitrogens is 1. The van der Waals surface area contributed by atoms with Crippen molar-refractivity contribution >= 4 is 27.3 Å². The lowest BCUT2D eigenvalue weighted by Crippen LogP contribution is -2.37. The second-order valence-electron chi connectivity index (χ2n) is 7.74. The number of aryl methyl sites for hydroxylation is 2. The molecule has 168 valence electrons. The van der Waals surface area contributed by atoms with Crippen LogP contribution < -0.4 is 5.32 Å². The molecule has 2 aromatic carbocycles. The predicted molar refractivity (Wildman–Crippen MR) is 121 cm³/mol. The number of nitrogens with one attached hydrogen (secondary N) is 1. The van der Waals surface area contributed by atoms with Gasteiger partial charge >= 0.3 is 0 Å². The molecular weight excluding hydrogens is 428 g/mol. The molecule has 0 radical (unpaired) electrons. The van der Waals surface area contributed by atoms with E-state index < -0.39 is 10.0 Å². The zero-order valence-corrected chi connectivity index (χ0v) is 18.9. The second kappa shape index (κ2) is 9.13. The molecule has 8 nitrogen and oxygen atoms in total. The normalized spacial score (nSPS) is 15.4. The molecule has 4 rings (SSSR count). The first-order valence-corrected chi connectivity index (χ1v) is 12.0. The van der Waals surface area contributed by atoms with E-state index in [-0.39, 0.29) is 23.1 Å². The van der Waals surface area contributed by atoms with Crippen LogP contribution in [0.4, 0.5) is 11.4 Å². The molecule has 0 aliphatic carbocycles. The van der Waals surface area contributed by atoms with Gasteiger partial charge in [-0.3, -0.25) is 4.79 Å². The molecule has 0 spiro atoms. The van der Waals surface area contributed by atoms with Crippen LogP contribution in [0.25, 0.3) is 0 Å². The number of para-hydroxylation sites is 2. The van der Waals surface area contributed by atoms with E-state index in [4.69, 9.17) is 4.52 Å². The summed E-state index contributed by atoms with van der Waals surface area (Å²) in [5, 5.41) is 7.08. The lowest BCUT2D eigenvalue weighted by atomic mass is 10.1. The van der Waals surface area contributed by atoms with Crippen LogP contribution in [0.5, 0.6) is 0 Å². The Morgan fingerprint density at radius 3 is 2.41 bits per heavy atom. The van der Waals surface area contributed by atoms with Crippen molar-refractivity contribution in [3.05, 3.63) is 71.6 Å². The predicted octanol–water partition coefficient (Wildman–Crippen LogP) is 3.57. The molecule has 1 N–H and O–H groups in total. The maximum Gasteiger partial charge on any atom is 0.256 e. The maximum absolute atomic E-state index is 13.3. The highest BCUT2D eigenvalue weighted by Crippen LogP contribution is 2.26. The summed E-state index contributed by atoms with van der Waals surface area (Å²) in [5.41, 5.74) is 2.51. The molecule has 0 saturated carbocycles. The van der Waals surface area contributed by atoms with Gasteiger partial charge in [0.15, 0.2) is 5.76 Å². The number of hydrogen-bond acceptors (Lipinski definition) is 6. The van der Waals surface area contributed by atoms with Gasteiger partial charge in [0, 0.05) is 31.9 Å². The van der Waals surface area contributed by atoms with Crippen LogP contribution in [0.3, 0.4) is 0 Å². The average molecular weight is 455 g/mol. The van der Waals surface area contributed by atoms with Gasteiger partial charge in [0.25, 0.3) is 5.91 Å². The molecular formula is C23H26N4O4S. The number of nitrogens with zero attached hydrogens (tertiary/aromatic N) is 3. The highest BCUT2D eigenvalue weighted by molar-refractivity contribution is 7.89. The number of carbonyl (C=O) groups is 1. The monoisotopic (exact) mass is 454 g/mol. The van der Waals surface area contributed by atoms with Crippen molar-refractivity contribution < 1.29 is 17.7 Å². The first-order chi connectivity index (χ1) is 15.4. The quantitative estimate of drug-likeness (QED) is 0.633. The minimum absolute atomic E-state index is 0.120. The number of benzene rings is 2. The van der Waals surface area contributed by atoms with Crippen molar-refractivity contribution in [3.8, 4) is 0 Å². The highest BCUT2D eigenvalue weighted by Gasteiger charge is 2.33. The van der Waals surface area contributed by atoms with E-state index in [0.29, 0.717) is 43.0 Å². The molecule has 32 heavy (non-hydrogen) atoms. The molecule has 1 aliphatic rings. The van der Waals surface area contributed by atoms with Gasteiger partial charge in [-0.05, 0) is 44.5 Å². The van der Waals surface area contributed by atoms with Crippen LogP contribution in [0, 0.1) is 13.8 Å². The lowest BCUT2D eigenvalue weighted by molar-refractivity contribution is 0.0765. The Hall–Kier alpha value is -3.17. The van der Waals surface area contributed by atoms with Crippen molar-refractivity contribution in [2.75, 3.05) is 31.5 Å². The fourth-order valence-corrected chi connectivity index (χ4v) is 5.70. The molecule has 2 heterocycles. The molecule has 0 atom stereocenters. The molecule has 1 aromatic heterocycles. The Balaban J connectivity index is 1.52. The van der Waals surface area contributed by atoms with Crippen molar-refractivity contribution in [1.82, 2.24) is 14.4 Å². The van der Waals surface area contributed by atoms with E-state index in [9.17, 15) is 13.2 Å². The lowest BCUT2D eigenvalue weighted by Gasteiger charge is -2.23. The molecule has 9 heteroatoms. The van der Waals surface area contributed by atoms with Gasteiger partial charge in [-0.2, -0.15) is 4.31 Å². The topological polar surface area (TPSA) is 95.8 Å². The van der Waals surface area contributed by atoms with E-state index in [1.807, 2.05) is 48.5 Å². The van der Waals surface area contributed by atoms with Crippen LogP contribution in [-0.2, 0) is 10.0 Å². The molecule has 1 aliphatic heterocycles. The molecule has 1 saturated heterocycles. The Kier molecular flexibility index (Phi) is 6.29. The van der Waals surface area contributed by atoms with Crippen molar-refractivity contribution in [2.24, 2.45) is 0 Å². The van der Waals surface area contributed by atoms with E-state index in [1.54, 1.807) is 24.8 Å². The molecule has 3 aromatic rings. The van der Waals surface area contributed by atoms with E-state index in [2.05, 4.69) is 10.5 Å². The third-order valence-electron chi connectivity index (χ3n) is 5.52. The van der Waals surface area contributed by atoms with Gasteiger partial charge in [-0.15, -0.1) is 0 Å². The summed E-state index contributed by atoms with van der Waals surface area (Å²) in [6.07, 6.45) is 0.544. The zero-order valence-electron chi connectivity index (χ0n) is 18.1. The maximum atomic E-state index is 13.3. The van der Waals surface area contributed by atoms with E-state index in [0.717, 1.165) is 5.69 Å². The Morgan fingerprint density at radius 1 is 0.969 bits per heavy atom. The van der Waals surface area contributed by atoms with Gasteiger partial charge in [-0.1, -0.05) is 35.5 Å². The number of sulfonamides is 1. The summed E-state index contributed by atoms with van der Waals surface area (Å²) in [6, 6.07) is 17.0. The van der Waals surface area contributed by atoms with Crippen LogP contribution in [0.1, 0.15) is 28.2 Å². The average Bonchev–Trinajstić information content (AvgIpc) is 2.98. The van der Waals surface area contributed by atoms with Crippen LogP contribution in [0.2, 0.25) is 0 Å². The highest BCUT2D eigenvalue weighted by atomic mass is 32.2. The summed E-state index contributed by atoms with van der Waals surface area (Å²) in [4.78, 5) is 15.2. The van der Waals surface area contributed by atoms with E-state index in [1.165, 1.54) is 4.31 Å². The zero-order chi connectivity index (χ0) is 22.7. The number of amides is 1. The van der Waals surface area contributed by atoms with Gasteiger partial charge < -0.3 is 14.7 Å². The SMILES string of the molecule is Cc1noc(C)c1S(=O)(=O)N1CCCN(C(=O)c2ccccc2Nc2ccccc2)CC1. The second-order valence-corrected chi connectivity index (χ2v) is 9.61. The smallest absolute Gasteiger partial charge is 0.256 e. The fraction of sp³-hybridized carbons (Fsp3) is 0.304. The number of carbonyl (C=O) groups excluding carboxylic acids is 1. The molecule has 1 fully saturated rings. The minimum atomic E-state index is -3.74. The summed E-state index contributed by atoms with van der Waals surface area (Å²) in [7, 11) is -3.74. The summed E-state index contributed by atoms with van der Waals surface area (Å²) in [6.45, 7) is 4.55. The van der Waals surface area contributed by atoms with Crippen LogP contribution in [0.15, 0.2) is 64.0 Å². The number of rotatable bonds is 5. The van der Waals surface area contributed by atoms with Gasteiger partial charge in [0.05, 0.1) is 11.3 Å². The van der Waals surface area contributed by atoms with Crippen LogP contribution >= 0.6 is 0 Å². The summed E-state index contributed by atoms with van der Waals surface area (Å²) in [5.74, 6) is 0.154. The van der Waals surface area contributed by atoms with E-state index >= 15 is 0 Å². The largest absolute Gasteiger partial charge is 0.360 e. The minimum Gasteiger partial charge on any atom is -0.360 e. The molecule has 1 amide bonds. The first kappa shape index (κ1) is 22.0. The third kappa shape index (κ3) is 4.39. The third-order valence-corrected chi connectivity index (χ3v) is 7.66. The van der Waals surface area contributed by atoms with Gasteiger partial charge in [-0.25, -0.2) is 8.42 Å². The van der Waals surface area contributed by atoms with Gasteiger partial charge in [0.1, 0.15) is 10.6 Å². The Labute approximate surface area is 187 Å². The van der Waals surface area contributed by atoms with Gasteiger partial charge in [0.2, 0.25) is 10.0 Å².